The normalized spacial score (nSPS) is 22.8. The number of nitrogens with zero attached hydrogens (tertiary/aromatic N) is 1. The van der Waals surface area contributed by atoms with Gasteiger partial charge in [0.2, 0.25) is 10.0 Å². The van der Waals surface area contributed by atoms with Crippen LogP contribution in [0.2, 0.25) is 0 Å². The number of aryl methyl sites for hydroxylation is 2. The first-order valence-electron chi connectivity index (χ1n) is 14.0. The number of hydrogen-bond acceptors (Lipinski definition) is 6. The Bertz CT molecular complexity index is 1550. The molecule has 1 aliphatic carbocycles. The molecule has 0 amide bonds. The minimum Gasteiger partial charge on any atom is -0.492 e. The maximum atomic E-state index is 15.1. The molecule has 2 atom stereocenters. The van der Waals surface area contributed by atoms with Crippen LogP contribution in [0.1, 0.15) is 53.9 Å². The standard InChI is InChI=1S/C32H36FNO7S/c1-19-5-7-24(40-25-8-10-29-22(13-31(35)36)18-39-30(29)15-25)14-23(33)6-9-28(19)32-20(2)11-26(12-21(32)3)41-27-16-34(17-27)42(4,37)38/h6,8-12,15,22,24,27H,1,5,7,13-14,16-18H2,2-4H3,(H,35,36)/b23-6+,28-9?/t22-,24-/m1/s1. The van der Waals surface area contributed by atoms with Crippen LogP contribution in [-0.2, 0) is 14.8 Å². The van der Waals surface area contributed by atoms with Crippen molar-refractivity contribution in [3.05, 3.63) is 82.7 Å². The van der Waals surface area contributed by atoms with E-state index >= 15 is 4.39 Å². The van der Waals surface area contributed by atoms with Crippen LogP contribution in [0, 0.1) is 13.8 Å². The lowest BCUT2D eigenvalue weighted by Crippen LogP contribution is -2.55. The molecule has 0 radical (unpaired) electrons. The highest BCUT2D eigenvalue weighted by Crippen LogP contribution is 2.40. The molecule has 2 aliphatic heterocycles. The summed E-state index contributed by atoms with van der Waals surface area (Å²) in [7, 11) is -3.21. The number of carboxylic acids is 1. The predicted octanol–water partition coefficient (Wildman–Crippen LogP) is 5.70. The third kappa shape index (κ3) is 6.71. The van der Waals surface area contributed by atoms with Crippen LogP contribution in [0.4, 0.5) is 4.39 Å². The number of fused-ring (bicyclic) bond motifs is 1. The van der Waals surface area contributed by atoms with Crippen LogP contribution in [-0.4, -0.2) is 62.0 Å². The number of halogens is 1. The molecular weight excluding hydrogens is 561 g/mol. The third-order valence-electron chi connectivity index (χ3n) is 7.95. The smallest absolute Gasteiger partial charge is 0.304 e. The summed E-state index contributed by atoms with van der Waals surface area (Å²) in [5.41, 5.74) is 5.45. The molecule has 0 saturated carbocycles. The van der Waals surface area contributed by atoms with Crippen LogP contribution in [0.5, 0.6) is 17.2 Å². The summed E-state index contributed by atoms with van der Waals surface area (Å²) in [5.74, 6) is 0.458. The molecule has 0 spiro atoms. The van der Waals surface area contributed by atoms with Gasteiger partial charge in [0.25, 0.3) is 0 Å². The summed E-state index contributed by atoms with van der Waals surface area (Å²) >= 11 is 0. The SMILES string of the molecule is C=C1CC[C@@H](Oc2ccc3c(c2)OC[C@H]3CC(=O)O)C/C(F)=C\C=C1c1c(C)cc(OC2CN(S(C)(=O)=O)C2)cc1C. The van der Waals surface area contributed by atoms with Crippen molar-refractivity contribution in [1.29, 1.82) is 0 Å². The Hall–Kier alpha value is -3.63. The number of sulfonamides is 1. The molecule has 5 rings (SSSR count). The highest BCUT2D eigenvalue weighted by Gasteiger charge is 2.35. The first-order chi connectivity index (χ1) is 19.9. The second-order valence-electron chi connectivity index (χ2n) is 11.3. The Labute approximate surface area is 246 Å². The largest absolute Gasteiger partial charge is 0.492 e. The Morgan fingerprint density at radius 2 is 1.79 bits per heavy atom. The molecule has 1 N–H and O–H groups in total. The van der Waals surface area contributed by atoms with Gasteiger partial charge in [-0.2, -0.15) is 4.31 Å². The van der Waals surface area contributed by atoms with Gasteiger partial charge in [-0.1, -0.05) is 18.7 Å². The van der Waals surface area contributed by atoms with E-state index in [-0.39, 0.29) is 30.7 Å². The van der Waals surface area contributed by atoms with E-state index in [4.69, 9.17) is 19.3 Å². The lowest BCUT2D eigenvalue weighted by molar-refractivity contribution is -0.137. The number of benzene rings is 2. The number of carboxylic acid groups (broad SMARTS) is 1. The van der Waals surface area contributed by atoms with Gasteiger partial charge in [0, 0.05) is 24.0 Å². The van der Waals surface area contributed by atoms with E-state index in [2.05, 4.69) is 6.58 Å². The average Bonchev–Trinajstić information content (AvgIpc) is 3.27. The summed E-state index contributed by atoms with van der Waals surface area (Å²) in [5, 5.41) is 9.14. The minimum absolute atomic E-state index is 0.00260. The summed E-state index contributed by atoms with van der Waals surface area (Å²) in [6.45, 7) is 9.26. The predicted molar refractivity (Wildman–Crippen MR) is 158 cm³/mol. The summed E-state index contributed by atoms with van der Waals surface area (Å²) < 4.78 is 57.7. The first kappa shape index (κ1) is 29.8. The van der Waals surface area contributed by atoms with Gasteiger partial charge in [0.1, 0.15) is 35.3 Å². The van der Waals surface area contributed by atoms with E-state index in [0.717, 1.165) is 33.4 Å². The van der Waals surface area contributed by atoms with E-state index in [1.807, 2.05) is 32.0 Å². The second-order valence-corrected chi connectivity index (χ2v) is 13.3. The van der Waals surface area contributed by atoms with Crippen LogP contribution in [0.3, 0.4) is 0 Å². The molecule has 2 aromatic rings. The zero-order chi connectivity index (χ0) is 30.2. The van der Waals surface area contributed by atoms with E-state index in [9.17, 15) is 13.2 Å². The summed E-state index contributed by atoms with van der Waals surface area (Å²) in [4.78, 5) is 11.1. The Kier molecular flexibility index (Phi) is 8.48. The van der Waals surface area contributed by atoms with Crippen molar-refractivity contribution in [3.63, 3.8) is 0 Å². The number of aliphatic carboxylic acids is 1. The maximum Gasteiger partial charge on any atom is 0.304 e. The number of allylic oxidation sites excluding steroid dienone is 4. The van der Waals surface area contributed by atoms with Crippen LogP contribution in [0.15, 0.2) is 60.5 Å². The molecule has 1 saturated heterocycles. The first-order valence-corrected chi connectivity index (χ1v) is 15.8. The van der Waals surface area contributed by atoms with E-state index in [1.54, 1.807) is 18.2 Å². The lowest BCUT2D eigenvalue weighted by atomic mass is 9.88. The molecule has 0 aromatic heterocycles. The molecule has 0 bridgehead atoms. The van der Waals surface area contributed by atoms with Gasteiger partial charge in [-0.3, -0.25) is 4.79 Å². The maximum absolute atomic E-state index is 15.1. The number of carbonyl (C=O) groups is 1. The highest BCUT2D eigenvalue weighted by atomic mass is 32.2. The molecule has 10 heteroatoms. The summed E-state index contributed by atoms with van der Waals surface area (Å²) in [6.07, 6.45) is 5.08. The van der Waals surface area contributed by atoms with Crippen molar-refractivity contribution in [3.8, 4) is 17.2 Å². The second kappa shape index (κ2) is 11.9. The number of ether oxygens (including phenoxy) is 3. The lowest BCUT2D eigenvalue weighted by Gasteiger charge is -2.37. The zero-order valence-electron chi connectivity index (χ0n) is 24.1. The molecule has 42 heavy (non-hydrogen) atoms. The van der Waals surface area contributed by atoms with E-state index in [0.29, 0.717) is 49.8 Å². The monoisotopic (exact) mass is 597 g/mol. The fourth-order valence-electron chi connectivity index (χ4n) is 5.77. The van der Waals surface area contributed by atoms with Gasteiger partial charge < -0.3 is 19.3 Å². The van der Waals surface area contributed by atoms with Crippen LogP contribution < -0.4 is 14.2 Å². The van der Waals surface area contributed by atoms with Crippen molar-refractivity contribution in [2.75, 3.05) is 26.0 Å². The number of hydrogen-bond donors (Lipinski definition) is 1. The van der Waals surface area contributed by atoms with Gasteiger partial charge in [0.15, 0.2) is 0 Å². The molecule has 224 valence electrons. The minimum atomic E-state index is -3.21. The van der Waals surface area contributed by atoms with Crippen molar-refractivity contribution >= 4 is 21.6 Å². The van der Waals surface area contributed by atoms with Gasteiger partial charge in [-0.15, -0.1) is 0 Å². The molecular formula is C32H36FNO7S. The van der Waals surface area contributed by atoms with Crippen molar-refractivity contribution < 1.29 is 36.9 Å². The molecule has 2 heterocycles. The third-order valence-corrected chi connectivity index (χ3v) is 9.19. The Balaban J connectivity index is 1.26. The molecule has 1 fully saturated rings. The zero-order valence-corrected chi connectivity index (χ0v) is 24.9. The van der Waals surface area contributed by atoms with E-state index in [1.165, 1.54) is 16.6 Å². The van der Waals surface area contributed by atoms with Crippen molar-refractivity contribution in [2.45, 2.75) is 57.7 Å². The molecule has 2 aromatic carbocycles. The van der Waals surface area contributed by atoms with Crippen molar-refractivity contribution in [1.82, 2.24) is 4.31 Å². The quantitative estimate of drug-likeness (QED) is 0.416. The topological polar surface area (TPSA) is 102 Å². The number of rotatable bonds is 8. The van der Waals surface area contributed by atoms with Crippen LogP contribution >= 0.6 is 0 Å². The Morgan fingerprint density at radius 3 is 2.45 bits per heavy atom. The van der Waals surface area contributed by atoms with Gasteiger partial charge in [-0.05, 0) is 78.8 Å². The Morgan fingerprint density at radius 1 is 1.10 bits per heavy atom. The molecule has 0 unspecified atom stereocenters. The summed E-state index contributed by atoms with van der Waals surface area (Å²) in [6, 6.07) is 9.22. The average molecular weight is 598 g/mol. The fraction of sp³-hybridized carbons (Fsp3) is 0.406. The van der Waals surface area contributed by atoms with Crippen molar-refractivity contribution in [2.24, 2.45) is 0 Å². The van der Waals surface area contributed by atoms with Gasteiger partial charge in [-0.25, -0.2) is 12.8 Å². The fourth-order valence-corrected chi connectivity index (χ4v) is 6.64. The molecule has 3 aliphatic rings. The van der Waals surface area contributed by atoms with Gasteiger partial charge in [0.05, 0.1) is 32.4 Å². The highest BCUT2D eigenvalue weighted by molar-refractivity contribution is 7.88. The van der Waals surface area contributed by atoms with E-state index < -0.39 is 22.1 Å². The van der Waals surface area contributed by atoms with Crippen LogP contribution in [0.25, 0.3) is 5.57 Å². The van der Waals surface area contributed by atoms with Gasteiger partial charge >= 0.3 is 5.97 Å². The molecule has 8 nitrogen and oxygen atoms in total.